The van der Waals surface area contributed by atoms with Crippen LogP contribution >= 0.6 is 11.6 Å². The highest BCUT2D eigenvalue weighted by Crippen LogP contribution is 2.11. The van der Waals surface area contributed by atoms with Gasteiger partial charge in [-0.25, -0.2) is 0 Å². The van der Waals surface area contributed by atoms with Crippen molar-refractivity contribution in [1.29, 1.82) is 0 Å². The SMILES string of the molecule is CCCCCN1C=CC(Cl)=CC1. The summed E-state index contributed by atoms with van der Waals surface area (Å²) in [6, 6.07) is 0. The topological polar surface area (TPSA) is 3.24 Å². The first-order valence-electron chi connectivity index (χ1n) is 4.61. The van der Waals surface area contributed by atoms with Crippen molar-refractivity contribution in [3.05, 3.63) is 23.4 Å². The molecule has 0 radical (unpaired) electrons. The van der Waals surface area contributed by atoms with Gasteiger partial charge in [-0.2, -0.15) is 0 Å². The van der Waals surface area contributed by atoms with E-state index in [1.807, 2.05) is 12.2 Å². The van der Waals surface area contributed by atoms with Gasteiger partial charge in [0.25, 0.3) is 0 Å². The number of unbranched alkanes of at least 4 members (excludes halogenated alkanes) is 2. The lowest BCUT2D eigenvalue weighted by atomic mass is 10.2. The lowest BCUT2D eigenvalue weighted by molar-refractivity contribution is 0.396. The van der Waals surface area contributed by atoms with E-state index in [2.05, 4.69) is 18.0 Å². The third kappa shape index (κ3) is 3.31. The second-order valence-corrected chi connectivity index (χ2v) is 3.54. The average molecular weight is 186 g/mol. The Labute approximate surface area is 79.7 Å². The lowest BCUT2D eigenvalue weighted by Gasteiger charge is -2.20. The minimum absolute atomic E-state index is 0.863. The molecule has 1 aliphatic rings. The second-order valence-electron chi connectivity index (χ2n) is 3.11. The van der Waals surface area contributed by atoms with Gasteiger partial charge >= 0.3 is 0 Å². The molecular weight excluding hydrogens is 170 g/mol. The summed E-state index contributed by atoms with van der Waals surface area (Å²) >= 11 is 5.79. The summed E-state index contributed by atoms with van der Waals surface area (Å²) < 4.78 is 0. The van der Waals surface area contributed by atoms with E-state index in [-0.39, 0.29) is 0 Å². The molecule has 0 aromatic carbocycles. The van der Waals surface area contributed by atoms with Crippen molar-refractivity contribution in [2.45, 2.75) is 26.2 Å². The Morgan fingerprint density at radius 3 is 2.92 bits per heavy atom. The van der Waals surface area contributed by atoms with Gasteiger partial charge < -0.3 is 4.90 Å². The van der Waals surface area contributed by atoms with Crippen molar-refractivity contribution in [3.8, 4) is 0 Å². The molecule has 0 spiro atoms. The van der Waals surface area contributed by atoms with Gasteiger partial charge in [0.15, 0.2) is 0 Å². The Morgan fingerprint density at radius 2 is 2.33 bits per heavy atom. The zero-order valence-electron chi connectivity index (χ0n) is 7.59. The number of hydrogen-bond donors (Lipinski definition) is 0. The van der Waals surface area contributed by atoms with Crippen molar-refractivity contribution >= 4 is 11.6 Å². The molecule has 0 atom stereocenters. The van der Waals surface area contributed by atoms with Gasteiger partial charge in [-0.1, -0.05) is 31.4 Å². The second kappa shape index (κ2) is 5.26. The first kappa shape index (κ1) is 9.66. The first-order chi connectivity index (χ1) is 5.83. The standard InChI is InChI=1S/C10H16ClN/c1-2-3-4-7-12-8-5-10(11)6-9-12/h5-6,8H,2-4,7,9H2,1H3. The van der Waals surface area contributed by atoms with E-state index in [0.29, 0.717) is 0 Å². The fraction of sp³-hybridized carbons (Fsp3) is 0.600. The molecule has 0 bridgehead atoms. The Hall–Kier alpha value is -0.430. The van der Waals surface area contributed by atoms with Gasteiger partial charge in [0.1, 0.15) is 0 Å². The molecule has 1 aliphatic heterocycles. The largest absolute Gasteiger partial charge is 0.374 e. The van der Waals surface area contributed by atoms with Crippen LogP contribution in [0.5, 0.6) is 0 Å². The van der Waals surface area contributed by atoms with Crippen molar-refractivity contribution in [2.75, 3.05) is 13.1 Å². The molecule has 0 aliphatic carbocycles. The third-order valence-corrected chi connectivity index (χ3v) is 2.29. The van der Waals surface area contributed by atoms with Crippen molar-refractivity contribution in [2.24, 2.45) is 0 Å². The van der Waals surface area contributed by atoms with Crippen LogP contribution in [-0.4, -0.2) is 18.0 Å². The summed E-state index contributed by atoms with van der Waals surface area (Å²) in [6.07, 6.45) is 9.98. The maximum absolute atomic E-state index is 5.79. The fourth-order valence-corrected chi connectivity index (χ4v) is 1.37. The Kier molecular flexibility index (Phi) is 4.23. The summed E-state index contributed by atoms with van der Waals surface area (Å²) in [5, 5.41) is 0.863. The van der Waals surface area contributed by atoms with Crippen molar-refractivity contribution in [3.63, 3.8) is 0 Å². The minimum atomic E-state index is 0.863. The van der Waals surface area contributed by atoms with E-state index >= 15 is 0 Å². The van der Waals surface area contributed by atoms with E-state index in [1.54, 1.807) is 0 Å². The highest BCUT2D eigenvalue weighted by Gasteiger charge is 2.01. The Bertz CT molecular complexity index is 184. The molecule has 0 aromatic rings. The number of halogens is 1. The molecule has 1 rings (SSSR count). The number of hydrogen-bond acceptors (Lipinski definition) is 1. The van der Waals surface area contributed by atoms with Gasteiger partial charge in [-0.15, -0.1) is 0 Å². The molecule has 1 nitrogen and oxygen atoms in total. The molecule has 68 valence electrons. The van der Waals surface area contributed by atoms with Gasteiger partial charge in [-0.3, -0.25) is 0 Å². The number of allylic oxidation sites excluding steroid dienone is 2. The molecule has 0 saturated carbocycles. The van der Waals surface area contributed by atoms with Gasteiger partial charge in [0.05, 0.1) is 0 Å². The van der Waals surface area contributed by atoms with Gasteiger partial charge in [-0.05, 0) is 18.6 Å². The maximum Gasteiger partial charge on any atom is 0.0398 e. The molecule has 1 heterocycles. The highest BCUT2D eigenvalue weighted by molar-refractivity contribution is 6.31. The molecule has 2 heteroatoms. The van der Waals surface area contributed by atoms with Crippen molar-refractivity contribution in [1.82, 2.24) is 4.90 Å². The highest BCUT2D eigenvalue weighted by atomic mass is 35.5. The molecule has 0 fully saturated rings. The monoisotopic (exact) mass is 185 g/mol. The minimum Gasteiger partial charge on any atom is -0.374 e. The summed E-state index contributed by atoms with van der Waals surface area (Å²) in [5.41, 5.74) is 0. The molecule has 0 amide bonds. The zero-order valence-corrected chi connectivity index (χ0v) is 8.35. The van der Waals surface area contributed by atoms with Gasteiger partial charge in [0, 0.05) is 24.3 Å². The summed E-state index contributed by atoms with van der Waals surface area (Å²) in [6.45, 7) is 4.35. The van der Waals surface area contributed by atoms with Crippen LogP contribution in [-0.2, 0) is 0 Å². The van der Waals surface area contributed by atoms with Crippen LogP contribution in [0.3, 0.4) is 0 Å². The predicted molar refractivity (Wildman–Crippen MR) is 54.2 cm³/mol. The fourth-order valence-electron chi connectivity index (χ4n) is 1.24. The molecule has 0 saturated heterocycles. The van der Waals surface area contributed by atoms with Crippen LogP contribution < -0.4 is 0 Å². The summed E-state index contributed by atoms with van der Waals surface area (Å²) in [7, 11) is 0. The Balaban J connectivity index is 2.16. The molecular formula is C10H16ClN. The third-order valence-electron chi connectivity index (χ3n) is 2.01. The summed E-state index contributed by atoms with van der Waals surface area (Å²) in [4.78, 5) is 2.29. The first-order valence-corrected chi connectivity index (χ1v) is 4.98. The maximum atomic E-state index is 5.79. The van der Waals surface area contributed by atoms with E-state index < -0.39 is 0 Å². The van der Waals surface area contributed by atoms with Crippen LogP contribution in [0.2, 0.25) is 0 Å². The van der Waals surface area contributed by atoms with Crippen molar-refractivity contribution < 1.29 is 0 Å². The average Bonchev–Trinajstić information content (AvgIpc) is 2.09. The lowest BCUT2D eigenvalue weighted by Crippen LogP contribution is -2.20. The molecule has 0 unspecified atom stereocenters. The normalized spacial score (nSPS) is 16.5. The van der Waals surface area contributed by atoms with Crippen LogP contribution in [0, 0.1) is 0 Å². The van der Waals surface area contributed by atoms with Crippen LogP contribution in [0.25, 0.3) is 0 Å². The van der Waals surface area contributed by atoms with E-state index in [1.165, 1.54) is 19.3 Å². The quantitative estimate of drug-likeness (QED) is 0.609. The molecule has 12 heavy (non-hydrogen) atoms. The van der Waals surface area contributed by atoms with Crippen LogP contribution in [0.4, 0.5) is 0 Å². The number of rotatable bonds is 4. The molecule has 0 N–H and O–H groups in total. The van der Waals surface area contributed by atoms with Crippen LogP contribution in [0.1, 0.15) is 26.2 Å². The predicted octanol–water partition coefficient (Wildman–Crippen LogP) is 3.13. The summed E-state index contributed by atoms with van der Waals surface area (Å²) in [5.74, 6) is 0. The number of nitrogens with zero attached hydrogens (tertiary/aromatic N) is 1. The van der Waals surface area contributed by atoms with Crippen LogP contribution in [0.15, 0.2) is 23.4 Å². The smallest absolute Gasteiger partial charge is 0.0398 e. The molecule has 0 aromatic heterocycles. The van der Waals surface area contributed by atoms with Gasteiger partial charge in [0.2, 0.25) is 0 Å². The zero-order chi connectivity index (χ0) is 8.81. The van der Waals surface area contributed by atoms with E-state index in [0.717, 1.165) is 18.1 Å². The van der Waals surface area contributed by atoms with E-state index in [9.17, 15) is 0 Å². The van der Waals surface area contributed by atoms with E-state index in [4.69, 9.17) is 11.6 Å². The Morgan fingerprint density at radius 1 is 1.50 bits per heavy atom.